The Morgan fingerprint density at radius 3 is 2.26 bits per heavy atom. The van der Waals surface area contributed by atoms with Crippen molar-refractivity contribution in [2.24, 2.45) is 0 Å². The zero-order valence-electron chi connectivity index (χ0n) is 18.6. The third-order valence-electron chi connectivity index (χ3n) is 4.74. The number of hydrogen-bond donors (Lipinski definition) is 1. The van der Waals surface area contributed by atoms with Gasteiger partial charge in [0.15, 0.2) is 11.5 Å². The Morgan fingerprint density at radius 1 is 0.971 bits per heavy atom. The Morgan fingerprint density at radius 2 is 1.66 bits per heavy atom. The maximum atomic E-state index is 12.6. The lowest BCUT2D eigenvalue weighted by atomic mass is 10.1. The number of non-ortho nitro benzene ring substituents is 1. The average molecular weight is 474 g/mol. The molecule has 0 heterocycles. The molecule has 0 saturated carbocycles. The first-order chi connectivity index (χ1) is 16.7. The molecule has 35 heavy (non-hydrogen) atoms. The highest BCUT2D eigenvalue weighted by molar-refractivity contribution is 6.09. The monoisotopic (exact) mass is 474 g/mol. The Balaban J connectivity index is 1.93. The van der Waals surface area contributed by atoms with Crippen LogP contribution in [0.1, 0.15) is 11.1 Å². The summed E-state index contributed by atoms with van der Waals surface area (Å²) in [7, 11) is 1.36. The molecule has 3 rings (SSSR count). The Labute approximate surface area is 199 Å². The van der Waals surface area contributed by atoms with Crippen molar-refractivity contribution in [1.82, 2.24) is 0 Å². The Hall–Kier alpha value is -5.24. The van der Waals surface area contributed by atoms with E-state index in [1.807, 2.05) is 25.1 Å². The molecule has 0 saturated heterocycles. The second kappa shape index (κ2) is 10.6. The number of benzene rings is 3. The number of methoxy groups -OCH3 is 1. The van der Waals surface area contributed by atoms with Gasteiger partial charge in [-0.2, -0.15) is 5.26 Å². The fourth-order valence-corrected chi connectivity index (χ4v) is 2.98. The molecule has 0 aliphatic carbocycles. The molecular weight excluding hydrogens is 456 g/mol. The van der Waals surface area contributed by atoms with Crippen molar-refractivity contribution in [2.45, 2.75) is 6.92 Å². The van der Waals surface area contributed by atoms with Crippen LogP contribution in [-0.2, 0) is 4.79 Å². The quantitative estimate of drug-likeness (QED) is 0.203. The van der Waals surface area contributed by atoms with Crippen molar-refractivity contribution in [2.75, 3.05) is 12.4 Å². The molecule has 11 nitrogen and oxygen atoms in total. The third kappa shape index (κ3) is 5.96. The molecule has 0 fully saturated rings. The van der Waals surface area contributed by atoms with Crippen LogP contribution in [-0.4, -0.2) is 22.9 Å². The van der Waals surface area contributed by atoms with Gasteiger partial charge in [0.2, 0.25) is 5.75 Å². The first kappa shape index (κ1) is 24.4. The Kier molecular flexibility index (Phi) is 7.38. The molecule has 0 radical (unpaired) electrons. The molecule has 176 valence electrons. The van der Waals surface area contributed by atoms with Crippen molar-refractivity contribution >= 4 is 29.0 Å². The number of amides is 1. The van der Waals surface area contributed by atoms with Crippen LogP contribution in [0.25, 0.3) is 6.08 Å². The van der Waals surface area contributed by atoms with Gasteiger partial charge in [0.1, 0.15) is 11.6 Å². The maximum absolute atomic E-state index is 12.6. The van der Waals surface area contributed by atoms with Crippen molar-refractivity contribution in [3.63, 3.8) is 0 Å². The first-order valence-electron chi connectivity index (χ1n) is 10.0. The Bertz CT molecular complexity index is 1380. The molecular formula is C24H18N4O7. The predicted octanol–water partition coefficient (Wildman–Crippen LogP) is 5.16. The summed E-state index contributed by atoms with van der Waals surface area (Å²) in [6.07, 6.45) is 1.32. The number of nitrogens with zero attached hydrogens (tertiary/aromatic N) is 3. The van der Waals surface area contributed by atoms with Gasteiger partial charge >= 0.3 is 5.69 Å². The molecule has 11 heteroatoms. The molecule has 0 unspecified atom stereocenters. The minimum absolute atomic E-state index is 0.0365. The highest BCUT2D eigenvalue weighted by Crippen LogP contribution is 2.38. The summed E-state index contributed by atoms with van der Waals surface area (Å²) in [5, 5.41) is 34.5. The second-order valence-corrected chi connectivity index (χ2v) is 7.17. The van der Waals surface area contributed by atoms with E-state index in [2.05, 4.69) is 5.32 Å². The summed E-state index contributed by atoms with van der Waals surface area (Å²) in [6, 6.07) is 16.3. The smallest absolute Gasteiger partial charge is 0.318 e. The number of carbonyl (C=O) groups is 1. The molecule has 1 N–H and O–H groups in total. The highest BCUT2D eigenvalue weighted by Gasteiger charge is 2.22. The third-order valence-corrected chi connectivity index (χ3v) is 4.74. The van der Waals surface area contributed by atoms with Gasteiger partial charge < -0.3 is 14.8 Å². The first-order valence-corrected chi connectivity index (χ1v) is 10.0. The van der Waals surface area contributed by atoms with Gasteiger partial charge in [0.25, 0.3) is 11.6 Å². The van der Waals surface area contributed by atoms with Crippen LogP contribution < -0.4 is 14.8 Å². The van der Waals surface area contributed by atoms with E-state index in [0.29, 0.717) is 11.3 Å². The van der Waals surface area contributed by atoms with Crippen LogP contribution >= 0.6 is 0 Å². The highest BCUT2D eigenvalue weighted by atomic mass is 16.6. The van der Waals surface area contributed by atoms with E-state index in [-0.39, 0.29) is 22.8 Å². The van der Waals surface area contributed by atoms with E-state index in [1.54, 1.807) is 18.2 Å². The van der Waals surface area contributed by atoms with E-state index in [1.165, 1.54) is 25.3 Å². The summed E-state index contributed by atoms with van der Waals surface area (Å²) in [4.78, 5) is 33.4. The van der Waals surface area contributed by atoms with Crippen LogP contribution in [0.15, 0.2) is 66.2 Å². The average Bonchev–Trinajstić information content (AvgIpc) is 2.84. The standard InChI is InChI=1S/C24H18N4O7/c1-15-3-6-18(7-4-15)26-24(29)17(14-25)11-16-5-9-22(34-2)23(12-16)35-21-10-8-19(27(30)31)13-20(21)28(32)33/h3-13H,1-2H3,(H,26,29)/b17-11+. The molecule has 0 aromatic heterocycles. The number of nitro groups is 2. The van der Waals surface area contributed by atoms with Crippen LogP contribution in [0.5, 0.6) is 17.2 Å². The number of ether oxygens (including phenoxy) is 2. The summed E-state index contributed by atoms with van der Waals surface area (Å²) in [6.45, 7) is 1.90. The molecule has 0 aliphatic rings. The van der Waals surface area contributed by atoms with E-state index in [9.17, 15) is 30.3 Å². The van der Waals surface area contributed by atoms with Crippen LogP contribution in [0.2, 0.25) is 0 Å². The van der Waals surface area contributed by atoms with Gasteiger partial charge in [-0.15, -0.1) is 0 Å². The van der Waals surface area contributed by atoms with Gasteiger partial charge in [0, 0.05) is 11.8 Å². The van der Waals surface area contributed by atoms with Gasteiger partial charge in [0.05, 0.1) is 23.0 Å². The van der Waals surface area contributed by atoms with E-state index in [4.69, 9.17) is 9.47 Å². The number of hydrogen-bond acceptors (Lipinski definition) is 8. The van der Waals surface area contributed by atoms with E-state index >= 15 is 0 Å². The van der Waals surface area contributed by atoms with E-state index in [0.717, 1.165) is 23.8 Å². The number of nitro benzene ring substituents is 2. The molecule has 3 aromatic rings. The summed E-state index contributed by atoms with van der Waals surface area (Å²) in [5.41, 5.74) is 0.636. The summed E-state index contributed by atoms with van der Waals surface area (Å²) in [5.74, 6) is -0.634. The lowest BCUT2D eigenvalue weighted by Gasteiger charge is -2.11. The van der Waals surface area contributed by atoms with Crippen LogP contribution in [0.4, 0.5) is 17.1 Å². The number of carbonyl (C=O) groups excluding carboxylic acids is 1. The molecule has 3 aromatic carbocycles. The van der Waals surface area contributed by atoms with Crippen LogP contribution in [0.3, 0.4) is 0 Å². The predicted molar refractivity (Wildman–Crippen MR) is 126 cm³/mol. The zero-order valence-corrected chi connectivity index (χ0v) is 18.6. The van der Waals surface area contributed by atoms with Gasteiger partial charge in [-0.1, -0.05) is 23.8 Å². The van der Waals surface area contributed by atoms with Crippen molar-refractivity contribution in [3.05, 3.63) is 97.6 Å². The molecule has 0 atom stereocenters. The second-order valence-electron chi connectivity index (χ2n) is 7.17. The lowest BCUT2D eigenvalue weighted by Crippen LogP contribution is -2.13. The van der Waals surface area contributed by atoms with Crippen LogP contribution in [0, 0.1) is 38.5 Å². The molecule has 0 aliphatic heterocycles. The molecule has 0 spiro atoms. The number of aryl methyl sites for hydroxylation is 1. The summed E-state index contributed by atoms with van der Waals surface area (Å²) < 4.78 is 10.9. The van der Waals surface area contributed by atoms with Gasteiger partial charge in [-0.3, -0.25) is 25.0 Å². The SMILES string of the molecule is COc1ccc(/C=C(\C#N)C(=O)Nc2ccc(C)cc2)cc1Oc1ccc([N+](=O)[O-])cc1[N+](=O)[O-]. The number of nitrogens with one attached hydrogen (secondary N) is 1. The topological polar surface area (TPSA) is 158 Å². The fraction of sp³-hybridized carbons (Fsp3) is 0.0833. The van der Waals surface area contributed by atoms with Gasteiger partial charge in [-0.25, -0.2) is 0 Å². The minimum Gasteiger partial charge on any atom is -0.493 e. The largest absolute Gasteiger partial charge is 0.493 e. The van der Waals surface area contributed by atoms with Crippen molar-refractivity contribution in [1.29, 1.82) is 5.26 Å². The lowest BCUT2D eigenvalue weighted by molar-refractivity contribution is -0.394. The zero-order chi connectivity index (χ0) is 25.5. The minimum atomic E-state index is -0.804. The number of rotatable bonds is 8. The van der Waals surface area contributed by atoms with Crippen molar-refractivity contribution in [3.8, 4) is 23.3 Å². The van der Waals surface area contributed by atoms with Gasteiger partial charge in [-0.05, 0) is 48.9 Å². The normalized spacial score (nSPS) is 10.7. The number of anilines is 1. The molecule has 1 amide bonds. The molecule has 0 bridgehead atoms. The van der Waals surface area contributed by atoms with Crippen molar-refractivity contribution < 1.29 is 24.1 Å². The maximum Gasteiger partial charge on any atom is 0.318 e. The summed E-state index contributed by atoms with van der Waals surface area (Å²) >= 11 is 0. The fourth-order valence-electron chi connectivity index (χ4n) is 2.98. The van der Waals surface area contributed by atoms with E-state index < -0.39 is 27.1 Å². The number of nitriles is 1.